The largest absolute Gasteiger partial charge is 0.497 e. The number of carbonyl (C=O) groups is 1. The zero-order chi connectivity index (χ0) is 21.7. The lowest BCUT2D eigenvalue weighted by Crippen LogP contribution is -2.41. The second kappa shape index (κ2) is 7.23. The smallest absolute Gasteiger partial charge is 0.255 e. The quantitative estimate of drug-likeness (QED) is 0.554. The Morgan fingerprint density at radius 2 is 2.00 bits per heavy atom. The Morgan fingerprint density at radius 3 is 2.74 bits per heavy atom. The van der Waals surface area contributed by atoms with Crippen LogP contribution in [-0.4, -0.2) is 49.2 Å². The molecule has 1 N–H and O–H groups in total. The fraction of sp³-hybridized carbons (Fsp3) is 0.304. The van der Waals surface area contributed by atoms with Gasteiger partial charge in [0.2, 0.25) is 0 Å². The van der Waals surface area contributed by atoms with Gasteiger partial charge in [0.05, 0.1) is 35.8 Å². The molecule has 1 atom stereocenters. The lowest BCUT2D eigenvalue weighted by atomic mass is 9.94. The number of aromatic amines is 1. The van der Waals surface area contributed by atoms with E-state index in [4.69, 9.17) is 4.74 Å². The van der Waals surface area contributed by atoms with E-state index in [0.29, 0.717) is 12.1 Å². The van der Waals surface area contributed by atoms with Crippen LogP contribution in [0.25, 0.3) is 11.0 Å². The number of fused-ring (bicyclic) bond motifs is 2. The molecule has 1 aromatic carbocycles. The van der Waals surface area contributed by atoms with Crippen molar-refractivity contribution in [3.8, 4) is 5.75 Å². The van der Waals surface area contributed by atoms with Crippen molar-refractivity contribution in [1.29, 1.82) is 0 Å². The molecule has 0 spiro atoms. The van der Waals surface area contributed by atoms with Gasteiger partial charge in [-0.15, -0.1) is 0 Å². The van der Waals surface area contributed by atoms with Gasteiger partial charge in [-0.3, -0.25) is 9.48 Å². The lowest BCUT2D eigenvalue weighted by molar-refractivity contribution is 0.0692. The molecular weight excluding hydrogens is 392 g/mol. The molecule has 3 aromatic heterocycles. The van der Waals surface area contributed by atoms with Gasteiger partial charge in [0.1, 0.15) is 11.8 Å². The number of carbonyl (C=O) groups excluding carboxylic acids is 1. The summed E-state index contributed by atoms with van der Waals surface area (Å²) in [5, 5.41) is 5.30. The number of imidazole rings is 1. The van der Waals surface area contributed by atoms with E-state index in [0.717, 1.165) is 51.5 Å². The Bertz CT molecular complexity index is 1290. The number of hydrogen-bond donors (Lipinski definition) is 1. The van der Waals surface area contributed by atoms with Crippen LogP contribution in [0.5, 0.6) is 5.75 Å². The molecule has 158 valence electrons. The van der Waals surface area contributed by atoms with Crippen LogP contribution >= 0.6 is 0 Å². The van der Waals surface area contributed by atoms with E-state index in [1.54, 1.807) is 18.1 Å². The normalized spacial score (nSPS) is 15.9. The van der Waals surface area contributed by atoms with E-state index in [1.165, 1.54) is 0 Å². The number of aromatic nitrogens is 5. The van der Waals surface area contributed by atoms with Crippen LogP contribution in [-0.2, 0) is 13.5 Å². The number of H-pyrrole nitrogens is 1. The highest BCUT2D eigenvalue weighted by molar-refractivity contribution is 6.06. The number of aryl methyl sites for hydroxylation is 3. The van der Waals surface area contributed by atoms with E-state index in [-0.39, 0.29) is 11.9 Å². The number of methoxy groups -OCH3 is 1. The molecule has 5 rings (SSSR count). The number of benzene rings is 1. The van der Waals surface area contributed by atoms with Gasteiger partial charge in [0, 0.05) is 31.4 Å². The minimum absolute atomic E-state index is 0.0407. The maximum absolute atomic E-state index is 14.0. The first-order valence-corrected chi connectivity index (χ1v) is 10.3. The molecule has 1 aliphatic heterocycles. The van der Waals surface area contributed by atoms with Crippen LogP contribution in [0.3, 0.4) is 0 Å². The van der Waals surface area contributed by atoms with Crippen molar-refractivity contribution in [3.63, 3.8) is 0 Å². The molecule has 8 nitrogen and oxygen atoms in total. The first-order chi connectivity index (χ1) is 15.0. The zero-order valence-corrected chi connectivity index (χ0v) is 18.0. The van der Waals surface area contributed by atoms with Gasteiger partial charge in [0.25, 0.3) is 5.91 Å². The van der Waals surface area contributed by atoms with Crippen molar-refractivity contribution in [2.75, 3.05) is 13.7 Å². The molecular formula is C23H24N6O2. The van der Waals surface area contributed by atoms with Crippen LogP contribution in [0, 0.1) is 13.8 Å². The van der Waals surface area contributed by atoms with Crippen LogP contribution in [0.4, 0.5) is 0 Å². The summed E-state index contributed by atoms with van der Waals surface area (Å²) in [5.41, 5.74) is 5.88. The third-order valence-corrected chi connectivity index (χ3v) is 5.94. The molecule has 0 fully saturated rings. The minimum atomic E-state index is -0.283. The van der Waals surface area contributed by atoms with Crippen molar-refractivity contribution in [3.05, 3.63) is 70.6 Å². The number of hydrogen-bond acceptors (Lipinski definition) is 5. The molecule has 0 bridgehead atoms. The van der Waals surface area contributed by atoms with Gasteiger partial charge >= 0.3 is 0 Å². The van der Waals surface area contributed by atoms with Gasteiger partial charge in [-0.25, -0.2) is 9.97 Å². The Kier molecular flexibility index (Phi) is 4.50. The lowest BCUT2D eigenvalue weighted by Gasteiger charge is -2.35. The summed E-state index contributed by atoms with van der Waals surface area (Å²) in [7, 11) is 3.50. The average molecular weight is 416 g/mol. The van der Waals surface area contributed by atoms with Crippen molar-refractivity contribution in [1.82, 2.24) is 29.6 Å². The van der Waals surface area contributed by atoms with Gasteiger partial charge < -0.3 is 14.6 Å². The molecule has 1 amide bonds. The number of rotatable bonds is 3. The van der Waals surface area contributed by atoms with Crippen molar-refractivity contribution < 1.29 is 9.53 Å². The van der Waals surface area contributed by atoms with Gasteiger partial charge in [0.15, 0.2) is 5.65 Å². The predicted molar refractivity (Wildman–Crippen MR) is 116 cm³/mol. The van der Waals surface area contributed by atoms with E-state index < -0.39 is 0 Å². The number of amides is 1. The minimum Gasteiger partial charge on any atom is -0.497 e. The average Bonchev–Trinajstić information content (AvgIpc) is 3.36. The van der Waals surface area contributed by atoms with Crippen molar-refractivity contribution in [2.24, 2.45) is 7.05 Å². The molecule has 8 heteroatoms. The monoisotopic (exact) mass is 416 g/mol. The third kappa shape index (κ3) is 3.06. The van der Waals surface area contributed by atoms with E-state index in [1.807, 2.05) is 56.1 Å². The molecule has 1 unspecified atom stereocenters. The second-order valence-corrected chi connectivity index (χ2v) is 7.91. The summed E-state index contributed by atoms with van der Waals surface area (Å²) < 4.78 is 7.05. The second-order valence-electron chi connectivity index (χ2n) is 7.91. The molecule has 31 heavy (non-hydrogen) atoms. The number of ether oxygens (including phenoxy) is 1. The highest BCUT2D eigenvalue weighted by atomic mass is 16.5. The molecule has 0 radical (unpaired) electrons. The maximum Gasteiger partial charge on any atom is 0.255 e. The fourth-order valence-corrected chi connectivity index (χ4v) is 4.51. The van der Waals surface area contributed by atoms with Crippen LogP contribution in [0.1, 0.15) is 44.7 Å². The van der Waals surface area contributed by atoms with E-state index in [9.17, 15) is 4.79 Å². The van der Waals surface area contributed by atoms with Crippen molar-refractivity contribution in [2.45, 2.75) is 26.3 Å². The van der Waals surface area contributed by atoms with Gasteiger partial charge in [-0.1, -0.05) is 12.1 Å². The topological polar surface area (TPSA) is 88.9 Å². The molecule has 0 saturated carbocycles. The maximum atomic E-state index is 14.0. The SMILES string of the molecule is COc1ccc(C2c3nc[nH]c3CCN2C(=O)c2cc(C)nc3c2c(C)nn3C)cc1. The fourth-order valence-electron chi connectivity index (χ4n) is 4.51. The number of pyridine rings is 1. The Morgan fingerprint density at radius 1 is 1.23 bits per heavy atom. The summed E-state index contributed by atoms with van der Waals surface area (Å²) in [6.45, 7) is 4.41. The van der Waals surface area contributed by atoms with Crippen molar-refractivity contribution >= 4 is 16.9 Å². The summed E-state index contributed by atoms with van der Waals surface area (Å²) >= 11 is 0. The number of nitrogens with zero attached hydrogens (tertiary/aromatic N) is 5. The standard InChI is InChI=1S/C23H24N6O2/c1-13-11-17(19-14(2)27-28(3)22(19)26-13)23(30)29-10-9-18-20(25-12-24-18)21(29)15-5-7-16(31-4)8-6-15/h5-8,11-12,21H,9-10H2,1-4H3,(H,24,25). The molecule has 1 aliphatic rings. The first-order valence-electron chi connectivity index (χ1n) is 10.3. The highest BCUT2D eigenvalue weighted by Crippen LogP contribution is 2.36. The van der Waals surface area contributed by atoms with Crippen LogP contribution in [0.15, 0.2) is 36.7 Å². The Labute approximate surface area is 179 Å². The summed E-state index contributed by atoms with van der Waals surface area (Å²) in [4.78, 5) is 28.3. The molecule has 4 heterocycles. The molecule has 4 aromatic rings. The van der Waals surface area contributed by atoms with Gasteiger partial charge in [-0.05, 0) is 37.6 Å². The first kappa shape index (κ1) is 19.3. The summed E-state index contributed by atoms with van der Waals surface area (Å²) in [6, 6.07) is 9.41. The summed E-state index contributed by atoms with van der Waals surface area (Å²) in [5.74, 6) is 0.734. The van der Waals surface area contributed by atoms with Crippen LogP contribution in [0.2, 0.25) is 0 Å². The molecule has 0 aliphatic carbocycles. The zero-order valence-electron chi connectivity index (χ0n) is 18.0. The number of nitrogens with one attached hydrogen (secondary N) is 1. The predicted octanol–water partition coefficient (Wildman–Crippen LogP) is 3.10. The third-order valence-electron chi connectivity index (χ3n) is 5.94. The highest BCUT2D eigenvalue weighted by Gasteiger charge is 2.35. The molecule has 0 saturated heterocycles. The Hall–Kier alpha value is -3.68. The van der Waals surface area contributed by atoms with Gasteiger partial charge in [-0.2, -0.15) is 5.10 Å². The Balaban J connectivity index is 1.65. The van der Waals surface area contributed by atoms with E-state index >= 15 is 0 Å². The summed E-state index contributed by atoms with van der Waals surface area (Å²) in [6.07, 6.45) is 2.43. The van der Waals surface area contributed by atoms with E-state index in [2.05, 4.69) is 20.1 Å². The van der Waals surface area contributed by atoms with Crippen LogP contribution < -0.4 is 4.74 Å².